The van der Waals surface area contributed by atoms with Crippen LogP contribution >= 0.6 is 0 Å². The van der Waals surface area contributed by atoms with Crippen LogP contribution in [0.2, 0.25) is 0 Å². The van der Waals surface area contributed by atoms with Crippen molar-refractivity contribution in [1.29, 1.82) is 0 Å². The summed E-state index contributed by atoms with van der Waals surface area (Å²) in [5, 5.41) is 6.66. The first-order valence-electron chi connectivity index (χ1n) is 8.38. The van der Waals surface area contributed by atoms with E-state index in [1.165, 1.54) is 24.0 Å². The third-order valence-electron chi connectivity index (χ3n) is 4.89. The molecule has 3 rings (SSSR count). The molecule has 1 amide bonds. The fourth-order valence-corrected chi connectivity index (χ4v) is 3.63. The van der Waals surface area contributed by atoms with Crippen LogP contribution < -0.4 is 10.6 Å². The van der Waals surface area contributed by atoms with E-state index in [9.17, 15) is 4.79 Å². The van der Waals surface area contributed by atoms with Crippen molar-refractivity contribution >= 4 is 5.91 Å². The highest BCUT2D eigenvalue weighted by molar-refractivity contribution is 5.76. The second-order valence-corrected chi connectivity index (χ2v) is 6.53. The minimum Gasteiger partial charge on any atom is -0.353 e. The monoisotopic (exact) mass is 286 g/mol. The summed E-state index contributed by atoms with van der Waals surface area (Å²) in [6.07, 6.45) is 7.41. The number of hydrogen-bond acceptors (Lipinski definition) is 2. The van der Waals surface area contributed by atoms with E-state index < -0.39 is 0 Å². The van der Waals surface area contributed by atoms with Crippen molar-refractivity contribution in [3.63, 3.8) is 0 Å². The number of fused-ring (bicyclic) bond motifs is 1. The van der Waals surface area contributed by atoms with Crippen molar-refractivity contribution in [3.8, 4) is 0 Å². The number of aryl methyl sites for hydroxylation is 1. The van der Waals surface area contributed by atoms with Crippen molar-refractivity contribution in [1.82, 2.24) is 10.6 Å². The van der Waals surface area contributed by atoms with Gasteiger partial charge in [-0.3, -0.25) is 4.79 Å². The minimum absolute atomic E-state index is 0.241. The molecule has 1 aliphatic heterocycles. The number of rotatable bonds is 4. The van der Waals surface area contributed by atoms with Gasteiger partial charge in [0.15, 0.2) is 0 Å². The molecular weight excluding hydrogens is 260 g/mol. The zero-order chi connectivity index (χ0) is 14.5. The smallest absolute Gasteiger partial charge is 0.220 e. The van der Waals surface area contributed by atoms with Crippen LogP contribution in [0, 0.1) is 5.92 Å². The van der Waals surface area contributed by atoms with Crippen LogP contribution in [0.15, 0.2) is 24.3 Å². The molecule has 21 heavy (non-hydrogen) atoms. The molecule has 114 valence electrons. The van der Waals surface area contributed by atoms with Gasteiger partial charge in [0.2, 0.25) is 5.91 Å². The molecule has 1 heterocycles. The number of benzene rings is 1. The molecule has 3 nitrogen and oxygen atoms in total. The third-order valence-corrected chi connectivity index (χ3v) is 4.89. The predicted molar refractivity (Wildman–Crippen MR) is 85.2 cm³/mol. The molecule has 3 heteroatoms. The summed E-state index contributed by atoms with van der Waals surface area (Å²) < 4.78 is 0. The summed E-state index contributed by atoms with van der Waals surface area (Å²) >= 11 is 0. The molecule has 0 aromatic heterocycles. The number of piperidine rings is 1. The molecule has 1 aromatic carbocycles. The number of amides is 1. The molecule has 0 bridgehead atoms. The molecule has 2 aliphatic rings. The summed E-state index contributed by atoms with van der Waals surface area (Å²) in [6, 6.07) is 8.94. The highest BCUT2D eigenvalue weighted by Gasteiger charge is 2.20. The van der Waals surface area contributed by atoms with Crippen molar-refractivity contribution in [2.45, 2.75) is 51.0 Å². The van der Waals surface area contributed by atoms with E-state index in [0.717, 1.165) is 38.8 Å². The highest BCUT2D eigenvalue weighted by atomic mass is 16.1. The normalized spacial score (nSPS) is 25.1. The summed E-state index contributed by atoms with van der Waals surface area (Å²) in [7, 11) is 0. The van der Waals surface area contributed by atoms with Crippen molar-refractivity contribution < 1.29 is 4.79 Å². The van der Waals surface area contributed by atoms with Gasteiger partial charge in [-0.15, -0.1) is 0 Å². The second kappa shape index (κ2) is 7.08. The Morgan fingerprint density at radius 2 is 2.10 bits per heavy atom. The Kier molecular flexibility index (Phi) is 4.91. The van der Waals surface area contributed by atoms with Crippen LogP contribution in [0.1, 0.15) is 43.2 Å². The Labute approximate surface area is 127 Å². The first-order chi connectivity index (χ1) is 10.3. The van der Waals surface area contributed by atoms with Gasteiger partial charge in [-0.05, 0) is 68.7 Å². The van der Waals surface area contributed by atoms with Gasteiger partial charge < -0.3 is 10.6 Å². The van der Waals surface area contributed by atoms with Crippen LogP contribution in [-0.4, -0.2) is 25.0 Å². The Hall–Kier alpha value is -1.35. The standard InChI is InChI=1S/C18H26N2O/c21-18(10-7-14-4-3-11-19-13-14)20-17-9-8-15-5-1-2-6-16(15)12-17/h1-2,5-6,14,17,19H,3-4,7-13H2,(H,20,21). The van der Waals surface area contributed by atoms with E-state index in [0.29, 0.717) is 18.4 Å². The zero-order valence-corrected chi connectivity index (χ0v) is 12.7. The fraction of sp³-hybridized carbons (Fsp3) is 0.611. The molecule has 1 saturated heterocycles. The van der Waals surface area contributed by atoms with E-state index >= 15 is 0 Å². The Morgan fingerprint density at radius 1 is 1.24 bits per heavy atom. The molecule has 2 unspecified atom stereocenters. The van der Waals surface area contributed by atoms with E-state index in [2.05, 4.69) is 34.9 Å². The third kappa shape index (κ3) is 4.07. The molecule has 2 N–H and O–H groups in total. The summed E-state index contributed by atoms with van der Waals surface area (Å²) in [6.45, 7) is 2.23. The maximum Gasteiger partial charge on any atom is 0.220 e. The lowest BCUT2D eigenvalue weighted by atomic mass is 9.88. The lowest BCUT2D eigenvalue weighted by molar-refractivity contribution is -0.122. The van der Waals surface area contributed by atoms with Crippen LogP contribution in [0.25, 0.3) is 0 Å². The lowest BCUT2D eigenvalue weighted by Gasteiger charge is -2.26. The van der Waals surface area contributed by atoms with Gasteiger partial charge in [0.25, 0.3) is 0 Å². The van der Waals surface area contributed by atoms with Crippen molar-refractivity contribution in [2.75, 3.05) is 13.1 Å². The van der Waals surface area contributed by atoms with Crippen molar-refractivity contribution in [3.05, 3.63) is 35.4 Å². The largest absolute Gasteiger partial charge is 0.353 e. The summed E-state index contributed by atoms with van der Waals surface area (Å²) in [5.41, 5.74) is 2.86. The van der Waals surface area contributed by atoms with E-state index in [4.69, 9.17) is 0 Å². The molecule has 0 saturated carbocycles. The summed E-state index contributed by atoms with van der Waals surface area (Å²) in [5.74, 6) is 0.932. The average Bonchev–Trinajstić information content (AvgIpc) is 2.54. The molecule has 2 atom stereocenters. The van der Waals surface area contributed by atoms with Gasteiger partial charge in [-0.1, -0.05) is 24.3 Å². The molecule has 0 spiro atoms. The maximum absolute atomic E-state index is 12.1. The first-order valence-corrected chi connectivity index (χ1v) is 8.38. The molecule has 0 radical (unpaired) electrons. The quantitative estimate of drug-likeness (QED) is 0.892. The lowest BCUT2D eigenvalue weighted by Crippen LogP contribution is -2.39. The van der Waals surface area contributed by atoms with Gasteiger partial charge in [-0.25, -0.2) is 0 Å². The topological polar surface area (TPSA) is 41.1 Å². The Balaban J connectivity index is 1.43. The van der Waals surface area contributed by atoms with Crippen LogP contribution in [0.3, 0.4) is 0 Å². The molecule has 1 aliphatic carbocycles. The second-order valence-electron chi connectivity index (χ2n) is 6.53. The van der Waals surface area contributed by atoms with Gasteiger partial charge in [0.05, 0.1) is 0 Å². The maximum atomic E-state index is 12.1. The number of carbonyl (C=O) groups excluding carboxylic acids is 1. The van der Waals surface area contributed by atoms with E-state index in [-0.39, 0.29) is 5.91 Å². The molecule has 1 fully saturated rings. The number of carbonyl (C=O) groups is 1. The number of nitrogens with one attached hydrogen (secondary N) is 2. The zero-order valence-electron chi connectivity index (χ0n) is 12.7. The van der Waals surface area contributed by atoms with Crippen LogP contribution in [-0.2, 0) is 17.6 Å². The van der Waals surface area contributed by atoms with Crippen LogP contribution in [0.4, 0.5) is 0 Å². The number of hydrogen-bond donors (Lipinski definition) is 2. The van der Waals surface area contributed by atoms with Crippen molar-refractivity contribution in [2.24, 2.45) is 5.92 Å². The average molecular weight is 286 g/mol. The Morgan fingerprint density at radius 3 is 2.90 bits per heavy atom. The fourth-order valence-electron chi connectivity index (χ4n) is 3.63. The SMILES string of the molecule is O=C(CCC1CCCNC1)NC1CCc2ccccc2C1. The highest BCUT2D eigenvalue weighted by Crippen LogP contribution is 2.21. The first kappa shape index (κ1) is 14.6. The minimum atomic E-state index is 0.241. The van der Waals surface area contributed by atoms with E-state index in [1.54, 1.807) is 0 Å². The molecular formula is C18H26N2O. The van der Waals surface area contributed by atoms with E-state index in [1.807, 2.05) is 0 Å². The van der Waals surface area contributed by atoms with Gasteiger partial charge in [-0.2, -0.15) is 0 Å². The molecule has 1 aromatic rings. The summed E-state index contributed by atoms with van der Waals surface area (Å²) in [4.78, 5) is 12.1. The van der Waals surface area contributed by atoms with Gasteiger partial charge in [0.1, 0.15) is 0 Å². The van der Waals surface area contributed by atoms with Gasteiger partial charge >= 0.3 is 0 Å². The van der Waals surface area contributed by atoms with Gasteiger partial charge in [0, 0.05) is 12.5 Å². The van der Waals surface area contributed by atoms with Crippen LogP contribution in [0.5, 0.6) is 0 Å². The predicted octanol–water partition coefficient (Wildman–Crippen LogP) is 2.44. The Bertz CT molecular complexity index is 480.